The van der Waals surface area contributed by atoms with Gasteiger partial charge in [0.2, 0.25) is 10.0 Å². The second-order valence-corrected chi connectivity index (χ2v) is 10.6. The molecule has 1 saturated carbocycles. The van der Waals surface area contributed by atoms with Crippen molar-refractivity contribution in [3.63, 3.8) is 0 Å². The van der Waals surface area contributed by atoms with E-state index in [2.05, 4.69) is 17.9 Å². The molecule has 31 heavy (non-hydrogen) atoms. The van der Waals surface area contributed by atoms with Crippen LogP contribution in [0.3, 0.4) is 0 Å². The van der Waals surface area contributed by atoms with Crippen molar-refractivity contribution in [1.82, 2.24) is 0 Å². The molecule has 3 rings (SSSR count). The number of nitrogens with one attached hydrogen (secondary N) is 1. The van der Waals surface area contributed by atoms with E-state index in [4.69, 9.17) is 4.74 Å². The van der Waals surface area contributed by atoms with Crippen LogP contribution in [0.5, 0.6) is 5.75 Å². The van der Waals surface area contributed by atoms with E-state index in [0.717, 1.165) is 6.07 Å². The van der Waals surface area contributed by atoms with E-state index >= 15 is 0 Å². The van der Waals surface area contributed by atoms with Crippen molar-refractivity contribution in [1.29, 1.82) is 0 Å². The molecule has 2 aromatic carbocycles. The van der Waals surface area contributed by atoms with Crippen LogP contribution < -0.4 is 9.46 Å². The molecule has 1 fully saturated rings. The summed E-state index contributed by atoms with van der Waals surface area (Å²) in [5, 5.41) is 0. The summed E-state index contributed by atoms with van der Waals surface area (Å²) in [4.78, 5) is 0. The largest absolute Gasteiger partial charge is 0.487 e. The summed E-state index contributed by atoms with van der Waals surface area (Å²) in [5.74, 6) is -3.30. The maximum atomic E-state index is 14.9. The van der Waals surface area contributed by atoms with Crippen molar-refractivity contribution < 1.29 is 26.3 Å². The van der Waals surface area contributed by atoms with E-state index in [9.17, 15) is 21.6 Å². The molecule has 166 valence electrons. The van der Waals surface area contributed by atoms with Gasteiger partial charge in [0, 0.05) is 21.6 Å². The zero-order valence-electron chi connectivity index (χ0n) is 16.6. The number of halogens is 4. The van der Waals surface area contributed by atoms with Crippen LogP contribution >= 0.6 is 22.6 Å². The van der Waals surface area contributed by atoms with Gasteiger partial charge in [0.15, 0.2) is 11.6 Å². The van der Waals surface area contributed by atoms with Gasteiger partial charge in [-0.25, -0.2) is 21.6 Å². The first-order valence-corrected chi connectivity index (χ1v) is 12.0. The Morgan fingerprint density at radius 3 is 2.42 bits per heavy atom. The van der Waals surface area contributed by atoms with Crippen LogP contribution in [0.15, 0.2) is 49.6 Å². The van der Waals surface area contributed by atoms with Crippen LogP contribution in [0.2, 0.25) is 0 Å². The fourth-order valence-electron chi connectivity index (χ4n) is 3.28. The molecule has 0 bridgehead atoms. The summed E-state index contributed by atoms with van der Waals surface area (Å²) >= 11 is 1.93. The van der Waals surface area contributed by atoms with Gasteiger partial charge < -0.3 is 4.74 Å². The van der Waals surface area contributed by atoms with Crippen molar-refractivity contribution in [3.05, 3.63) is 81.7 Å². The Labute approximate surface area is 193 Å². The maximum absolute atomic E-state index is 14.9. The fourth-order valence-corrected chi connectivity index (χ4v) is 5.42. The lowest BCUT2D eigenvalue weighted by Gasteiger charge is -2.21. The van der Waals surface area contributed by atoms with E-state index < -0.39 is 32.2 Å². The van der Waals surface area contributed by atoms with Crippen LogP contribution in [0.1, 0.15) is 30.4 Å². The average Bonchev–Trinajstić information content (AvgIpc) is 3.49. The summed E-state index contributed by atoms with van der Waals surface area (Å²) in [7, 11) is -3.98. The molecule has 0 aliphatic heterocycles. The molecule has 0 saturated heterocycles. The summed E-state index contributed by atoms with van der Waals surface area (Å²) in [6, 6.07) is 5.11. The number of hydrogen-bond donors (Lipinski definition) is 1. The second-order valence-electron chi connectivity index (χ2n) is 7.32. The minimum atomic E-state index is -3.98. The first kappa shape index (κ1) is 23.6. The van der Waals surface area contributed by atoms with Crippen LogP contribution in [0.25, 0.3) is 0 Å². The molecule has 0 atom stereocenters. The number of benzene rings is 2. The predicted octanol–water partition coefficient (Wildman–Crippen LogP) is 5.71. The number of anilines is 1. The van der Waals surface area contributed by atoms with Crippen molar-refractivity contribution >= 4 is 38.3 Å². The van der Waals surface area contributed by atoms with Gasteiger partial charge in [0.25, 0.3) is 0 Å². The standard InChI is InChI=1S/C22H21F3INO3S/c1-3-7-22(8-9-22)31(28,29)27-21-16(11-14-5-6-15(26)12-17(14)23)20(25)18(24)13-19(21)30-10-4-2/h3-6,12-13,27H,1-2,7-11H2. The van der Waals surface area contributed by atoms with Crippen molar-refractivity contribution in [2.75, 3.05) is 11.3 Å². The van der Waals surface area contributed by atoms with E-state index in [1.807, 2.05) is 22.6 Å². The Bertz CT molecular complexity index is 1130. The lowest BCUT2D eigenvalue weighted by molar-refractivity contribution is 0.359. The molecule has 1 aliphatic carbocycles. The molecule has 1 aliphatic rings. The molecule has 2 aromatic rings. The van der Waals surface area contributed by atoms with E-state index in [1.165, 1.54) is 24.3 Å². The topological polar surface area (TPSA) is 55.4 Å². The van der Waals surface area contributed by atoms with Gasteiger partial charge in [-0.2, -0.15) is 0 Å². The average molecular weight is 563 g/mol. The van der Waals surface area contributed by atoms with Gasteiger partial charge in [0.1, 0.15) is 18.2 Å². The van der Waals surface area contributed by atoms with Gasteiger partial charge >= 0.3 is 0 Å². The van der Waals surface area contributed by atoms with E-state index in [0.29, 0.717) is 16.4 Å². The van der Waals surface area contributed by atoms with Crippen molar-refractivity contribution in [3.8, 4) is 5.75 Å². The first-order chi connectivity index (χ1) is 14.6. The molecule has 0 aromatic heterocycles. The highest BCUT2D eigenvalue weighted by atomic mass is 127. The summed E-state index contributed by atoms with van der Waals surface area (Å²) in [5.41, 5.74) is -0.488. The second kappa shape index (κ2) is 9.23. The van der Waals surface area contributed by atoms with Gasteiger partial charge in [-0.05, 0) is 59.5 Å². The first-order valence-electron chi connectivity index (χ1n) is 9.46. The summed E-state index contributed by atoms with van der Waals surface area (Å²) in [6.45, 7) is 7.05. The Morgan fingerprint density at radius 1 is 1.13 bits per heavy atom. The normalized spacial score (nSPS) is 14.7. The van der Waals surface area contributed by atoms with Gasteiger partial charge in [0.05, 0.1) is 10.4 Å². The van der Waals surface area contributed by atoms with Crippen LogP contribution in [0, 0.1) is 21.0 Å². The molecule has 0 spiro atoms. The van der Waals surface area contributed by atoms with Gasteiger partial charge in [-0.15, -0.1) is 6.58 Å². The Morgan fingerprint density at radius 2 is 1.84 bits per heavy atom. The molecule has 0 unspecified atom stereocenters. The molecular weight excluding hydrogens is 542 g/mol. The molecule has 9 heteroatoms. The fraction of sp³-hybridized carbons (Fsp3) is 0.273. The minimum Gasteiger partial charge on any atom is -0.487 e. The van der Waals surface area contributed by atoms with Crippen LogP contribution in [-0.4, -0.2) is 19.8 Å². The maximum Gasteiger partial charge on any atom is 0.238 e. The number of rotatable bonds is 10. The molecular formula is C22H21F3INO3S. The third kappa shape index (κ3) is 4.92. The van der Waals surface area contributed by atoms with E-state index in [1.54, 1.807) is 6.07 Å². The molecule has 0 heterocycles. The molecule has 0 amide bonds. The molecule has 4 nitrogen and oxygen atoms in total. The van der Waals surface area contributed by atoms with E-state index in [-0.39, 0.29) is 42.0 Å². The predicted molar refractivity (Wildman–Crippen MR) is 123 cm³/mol. The minimum absolute atomic E-state index is 0.0606. The number of allylic oxidation sites excluding steroid dienone is 1. The molecule has 0 radical (unpaired) electrons. The highest BCUT2D eigenvalue weighted by Gasteiger charge is 2.54. The van der Waals surface area contributed by atoms with Crippen LogP contribution in [-0.2, 0) is 16.4 Å². The summed E-state index contributed by atoms with van der Waals surface area (Å²) in [6.07, 6.45) is 3.58. The zero-order valence-corrected chi connectivity index (χ0v) is 19.5. The van der Waals surface area contributed by atoms with Gasteiger partial charge in [-0.1, -0.05) is 24.8 Å². The summed E-state index contributed by atoms with van der Waals surface area (Å²) < 4.78 is 77.2. The monoisotopic (exact) mass is 563 g/mol. The lowest BCUT2D eigenvalue weighted by atomic mass is 10.0. The highest BCUT2D eigenvalue weighted by Crippen LogP contribution is 2.48. The van der Waals surface area contributed by atoms with Crippen LogP contribution in [0.4, 0.5) is 18.9 Å². The number of ether oxygens (including phenoxy) is 1. The third-order valence-corrected chi connectivity index (χ3v) is 8.01. The van der Waals surface area contributed by atoms with Crippen molar-refractivity contribution in [2.45, 2.75) is 30.4 Å². The Balaban J connectivity index is 2.13. The highest BCUT2D eigenvalue weighted by molar-refractivity contribution is 14.1. The Hall–Kier alpha value is -2.01. The quantitative estimate of drug-likeness (QED) is 0.298. The third-order valence-electron chi connectivity index (χ3n) is 5.15. The number of sulfonamides is 1. The smallest absolute Gasteiger partial charge is 0.238 e. The molecule has 1 N–H and O–H groups in total. The lowest BCUT2D eigenvalue weighted by Crippen LogP contribution is -2.30. The Kier molecular flexibility index (Phi) is 7.04. The van der Waals surface area contributed by atoms with Gasteiger partial charge in [-0.3, -0.25) is 4.72 Å². The number of hydrogen-bond acceptors (Lipinski definition) is 3. The SMILES string of the molecule is C=CCOc1cc(F)c(F)c(Cc2ccc(I)cc2F)c1NS(=O)(=O)C1(CC=C)CC1. The van der Waals surface area contributed by atoms with Crippen molar-refractivity contribution in [2.24, 2.45) is 0 Å². The zero-order chi connectivity index (χ0) is 22.8.